The predicted molar refractivity (Wildman–Crippen MR) is 292 cm³/mol. The lowest BCUT2D eigenvalue weighted by atomic mass is 9.59. The van der Waals surface area contributed by atoms with Gasteiger partial charge in [0.1, 0.15) is 28.6 Å². The van der Waals surface area contributed by atoms with Crippen LogP contribution in [0.5, 0.6) is 17.2 Å². The largest absolute Gasteiger partial charge is 0.495 e. The van der Waals surface area contributed by atoms with Crippen molar-refractivity contribution in [1.29, 1.82) is 0 Å². The first-order valence-electron chi connectivity index (χ1n) is 26.2. The normalized spacial score (nSPS) is 21.5. The lowest BCUT2D eigenvalue weighted by Gasteiger charge is -2.58. The molecule has 16 nitrogen and oxygen atoms in total. The van der Waals surface area contributed by atoms with Gasteiger partial charge in [0, 0.05) is 87.3 Å². The van der Waals surface area contributed by atoms with E-state index in [0.29, 0.717) is 53.5 Å². The molecule has 1 spiro atoms. The second kappa shape index (κ2) is 21.4. The van der Waals surface area contributed by atoms with Crippen LogP contribution in [-0.2, 0) is 16.6 Å². The molecule has 4 aromatic carbocycles. The highest BCUT2D eigenvalue weighted by atomic mass is 35.5. The van der Waals surface area contributed by atoms with Gasteiger partial charge in [-0.15, -0.1) is 0 Å². The Morgan fingerprint density at radius 2 is 1.73 bits per heavy atom. The Bertz CT molecular complexity index is 3180. The molecule has 2 aliphatic carbocycles. The molecule has 4 heterocycles. The Balaban J connectivity index is 0.834. The first-order chi connectivity index (χ1) is 36.0. The number of aliphatic hydroxyl groups is 1. The fraction of sp³-hybridized carbons (Fsp3) is 0.439. The third kappa shape index (κ3) is 11.3. The van der Waals surface area contributed by atoms with E-state index in [4.69, 9.17) is 21.1 Å². The number of benzene rings is 4. The molecule has 0 bridgehead atoms. The fourth-order valence-corrected chi connectivity index (χ4v) is 13.3. The minimum absolute atomic E-state index is 0.0358. The number of amides is 1. The number of hydrogen-bond donors (Lipinski definition) is 4. The molecule has 10 rings (SSSR count). The number of aromatic nitrogens is 2. The number of carbonyl (C=O) groups is 1. The van der Waals surface area contributed by atoms with Crippen LogP contribution in [0.25, 0.3) is 11.0 Å². The molecule has 4 N–H and O–H groups in total. The van der Waals surface area contributed by atoms with Gasteiger partial charge >= 0.3 is 0 Å². The van der Waals surface area contributed by atoms with Crippen molar-refractivity contribution in [3.8, 4) is 17.2 Å². The number of anilines is 2. The fourth-order valence-electron chi connectivity index (χ4n) is 12.0. The average Bonchev–Trinajstić information content (AvgIpc) is 3.86. The standard InChI is InChI=1S/C57H67ClN8O8S/c1-37(2)45-9-5-6-10-46(45)50-36-63(35-40-8-7-11-51(73-4)53(40)58)26-27-65(50)42-31-57(32-42)21-24-64(25-22-57)41-12-14-47(52(29-41)74-43-28-39-18-23-59-54(39)61-34-43)55(67)62-75(71,72)44-13-15-48(49(30-44)66(69)70)60-33-38-16-19-56(3,68)20-17-38/h5-15,18,23,28-30,34,37-38,42,50,60,68H,16-17,19-22,24-27,31-33,35-36H2,1-4H3,(H,59,61)(H,62,67)/t38-,50?,56-. The number of ether oxygens (including phenoxy) is 2. The molecule has 1 atom stereocenters. The maximum atomic E-state index is 14.1. The minimum atomic E-state index is -4.59. The third-order valence-electron chi connectivity index (χ3n) is 16.4. The number of rotatable bonds is 16. The van der Waals surface area contributed by atoms with E-state index in [1.807, 2.05) is 31.2 Å². The molecule has 1 amide bonds. The highest BCUT2D eigenvalue weighted by Crippen LogP contribution is 2.53. The van der Waals surface area contributed by atoms with E-state index < -0.39 is 37.0 Å². The summed E-state index contributed by atoms with van der Waals surface area (Å²) in [6.45, 7) is 11.9. The molecular formula is C57H67ClN8O8S. The molecule has 396 valence electrons. The van der Waals surface area contributed by atoms with E-state index in [1.165, 1.54) is 29.5 Å². The van der Waals surface area contributed by atoms with E-state index in [-0.39, 0.29) is 34.4 Å². The van der Waals surface area contributed by atoms with Crippen LogP contribution in [0, 0.1) is 21.4 Å². The monoisotopic (exact) mass is 1060 g/mol. The van der Waals surface area contributed by atoms with Crippen LogP contribution >= 0.6 is 11.6 Å². The van der Waals surface area contributed by atoms with Crippen molar-refractivity contribution in [3.05, 3.63) is 141 Å². The number of nitro groups is 1. The SMILES string of the molecule is COc1cccc(CN2CCN(C3CC4(CCN(c5ccc(C(=O)NS(=O)(=O)c6ccc(NC[C@H]7CC[C@](C)(O)CC7)c([N+](=O)[O-])c6)c(Oc6cnc7[nH]ccc7c6)c5)CC4)C3)C(c3ccccc3C(C)C)C2)c1Cl. The number of nitrogens with one attached hydrogen (secondary N) is 3. The molecule has 4 aliphatic rings. The number of aromatic amines is 1. The Morgan fingerprint density at radius 3 is 2.48 bits per heavy atom. The van der Waals surface area contributed by atoms with Crippen molar-refractivity contribution in [1.82, 2.24) is 24.5 Å². The van der Waals surface area contributed by atoms with Gasteiger partial charge < -0.3 is 29.8 Å². The molecule has 18 heteroatoms. The molecular weight excluding hydrogens is 992 g/mol. The zero-order chi connectivity index (χ0) is 52.6. The smallest absolute Gasteiger partial charge is 0.293 e. The van der Waals surface area contributed by atoms with Crippen LogP contribution < -0.4 is 24.4 Å². The molecule has 0 radical (unpaired) electrons. The van der Waals surface area contributed by atoms with E-state index >= 15 is 0 Å². The van der Waals surface area contributed by atoms with Gasteiger partial charge in [0.15, 0.2) is 0 Å². The van der Waals surface area contributed by atoms with Crippen molar-refractivity contribution in [2.45, 2.75) is 107 Å². The van der Waals surface area contributed by atoms with Gasteiger partial charge in [-0.05, 0) is 135 Å². The first kappa shape index (κ1) is 52.2. The molecule has 2 saturated heterocycles. The van der Waals surface area contributed by atoms with Crippen molar-refractivity contribution in [2.75, 3.05) is 56.6 Å². The molecule has 6 aromatic rings. The van der Waals surface area contributed by atoms with Gasteiger partial charge in [-0.25, -0.2) is 18.1 Å². The number of piperazine rings is 1. The van der Waals surface area contributed by atoms with Crippen LogP contribution in [0.15, 0.2) is 108 Å². The van der Waals surface area contributed by atoms with Crippen molar-refractivity contribution >= 4 is 55.6 Å². The lowest BCUT2D eigenvalue weighted by molar-refractivity contribution is -0.384. The maximum absolute atomic E-state index is 14.1. The summed E-state index contributed by atoms with van der Waals surface area (Å²) in [5, 5.41) is 27.2. The van der Waals surface area contributed by atoms with Crippen molar-refractivity contribution in [3.63, 3.8) is 0 Å². The van der Waals surface area contributed by atoms with Crippen LogP contribution in [-0.4, -0.2) is 102 Å². The second-order valence-electron chi connectivity index (χ2n) is 21.8. The van der Waals surface area contributed by atoms with Crippen molar-refractivity contribution < 1.29 is 32.7 Å². The van der Waals surface area contributed by atoms with Gasteiger partial charge in [0.2, 0.25) is 0 Å². The van der Waals surface area contributed by atoms with Crippen LogP contribution in [0.3, 0.4) is 0 Å². The Labute approximate surface area is 444 Å². The summed E-state index contributed by atoms with van der Waals surface area (Å²) in [6.07, 6.45) is 10.3. The number of carbonyl (C=O) groups excluding carboxylic acids is 1. The second-order valence-corrected chi connectivity index (χ2v) is 23.9. The maximum Gasteiger partial charge on any atom is 0.293 e. The topological polar surface area (TPSA) is 195 Å². The van der Waals surface area contributed by atoms with E-state index in [2.05, 4.69) is 78.9 Å². The number of nitro benzene ring substituents is 1. The molecule has 1 unspecified atom stereocenters. The van der Waals surface area contributed by atoms with E-state index in [1.54, 1.807) is 31.5 Å². The number of halogens is 1. The first-order valence-corrected chi connectivity index (χ1v) is 28.0. The quantitative estimate of drug-likeness (QED) is 0.0529. The van der Waals surface area contributed by atoms with Gasteiger partial charge in [0.05, 0.1) is 39.3 Å². The summed E-state index contributed by atoms with van der Waals surface area (Å²) in [5.74, 6) is 0.811. The highest BCUT2D eigenvalue weighted by molar-refractivity contribution is 7.90. The Morgan fingerprint density at radius 1 is 0.960 bits per heavy atom. The van der Waals surface area contributed by atoms with E-state index in [0.717, 1.165) is 100 Å². The summed E-state index contributed by atoms with van der Waals surface area (Å²) in [4.78, 5) is 40.4. The number of nitrogens with zero attached hydrogens (tertiary/aromatic N) is 5. The Hall–Kier alpha value is -6.24. The van der Waals surface area contributed by atoms with Gasteiger partial charge in [-0.2, -0.15) is 0 Å². The van der Waals surface area contributed by atoms with Gasteiger partial charge in [0.25, 0.3) is 21.6 Å². The molecule has 75 heavy (non-hydrogen) atoms. The number of fused-ring (bicyclic) bond motifs is 1. The van der Waals surface area contributed by atoms with Crippen LogP contribution in [0.4, 0.5) is 17.1 Å². The van der Waals surface area contributed by atoms with Crippen LogP contribution in [0.1, 0.15) is 111 Å². The molecule has 4 fully saturated rings. The predicted octanol–water partition coefficient (Wildman–Crippen LogP) is 10.8. The summed E-state index contributed by atoms with van der Waals surface area (Å²) in [7, 11) is -2.94. The zero-order valence-electron chi connectivity index (χ0n) is 43.1. The van der Waals surface area contributed by atoms with Gasteiger partial charge in [-0.1, -0.05) is 61.8 Å². The highest BCUT2D eigenvalue weighted by Gasteiger charge is 2.50. The molecule has 2 aromatic heterocycles. The van der Waals surface area contributed by atoms with Gasteiger partial charge in [-0.3, -0.25) is 24.7 Å². The number of methoxy groups -OCH3 is 1. The summed E-state index contributed by atoms with van der Waals surface area (Å²) in [5.41, 5.74) is 4.54. The summed E-state index contributed by atoms with van der Waals surface area (Å²) < 4.78 is 41.8. The Kier molecular flexibility index (Phi) is 14.9. The van der Waals surface area contributed by atoms with Crippen LogP contribution in [0.2, 0.25) is 5.02 Å². The minimum Gasteiger partial charge on any atom is -0.495 e. The van der Waals surface area contributed by atoms with E-state index in [9.17, 15) is 28.4 Å². The number of piperidine rings is 1. The summed E-state index contributed by atoms with van der Waals surface area (Å²) >= 11 is 6.81. The van der Waals surface area contributed by atoms with Crippen molar-refractivity contribution in [2.24, 2.45) is 11.3 Å². The average molecular weight is 1060 g/mol. The number of pyridine rings is 1. The summed E-state index contributed by atoms with van der Waals surface area (Å²) in [6, 6.07) is 28.0. The lowest BCUT2D eigenvalue weighted by Crippen LogP contribution is -2.60. The number of sulfonamides is 1. The number of hydrogen-bond acceptors (Lipinski definition) is 13. The molecule has 2 aliphatic heterocycles. The third-order valence-corrected chi connectivity index (χ3v) is 18.2. The molecule has 2 saturated carbocycles. The zero-order valence-corrected chi connectivity index (χ0v) is 44.6. The number of H-pyrrole nitrogens is 1.